The Labute approximate surface area is 126 Å². The monoisotopic (exact) mass is 299 g/mol. The molecule has 0 amide bonds. The summed E-state index contributed by atoms with van der Waals surface area (Å²) in [4.78, 5) is 19.2. The summed E-state index contributed by atoms with van der Waals surface area (Å²) in [6, 6.07) is 15.0. The highest BCUT2D eigenvalue weighted by Gasteiger charge is 2.02. The molecule has 2 N–H and O–H groups in total. The van der Waals surface area contributed by atoms with Crippen molar-refractivity contribution in [3.63, 3.8) is 0 Å². The molecule has 0 aliphatic heterocycles. The lowest BCUT2D eigenvalue weighted by atomic mass is 10.2. The number of benzene rings is 2. The minimum absolute atomic E-state index is 0.108. The minimum atomic E-state index is -0.108. The van der Waals surface area contributed by atoms with Crippen molar-refractivity contribution in [1.82, 2.24) is 15.3 Å². The molecule has 0 bridgehead atoms. The normalized spacial score (nSPS) is 10.9. The van der Waals surface area contributed by atoms with E-state index in [0.717, 1.165) is 10.6 Å². The van der Waals surface area contributed by atoms with E-state index in [0.29, 0.717) is 29.8 Å². The van der Waals surface area contributed by atoms with Gasteiger partial charge in [-0.1, -0.05) is 35.9 Å². The molecule has 0 aliphatic carbocycles. The number of halogens is 1. The van der Waals surface area contributed by atoms with Crippen molar-refractivity contribution >= 4 is 22.5 Å². The zero-order valence-electron chi connectivity index (χ0n) is 11.3. The first-order valence-corrected chi connectivity index (χ1v) is 7.03. The van der Waals surface area contributed by atoms with Gasteiger partial charge in [0.05, 0.1) is 17.4 Å². The molecule has 0 atom stereocenters. The van der Waals surface area contributed by atoms with Crippen molar-refractivity contribution in [3.05, 3.63) is 75.3 Å². The van der Waals surface area contributed by atoms with Gasteiger partial charge in [-0.2, -0.15) is 0 Å². The molecule has 5 heteroatoms. The van der Waals surface area contributed by atoms with Gasteiger partial charge in [-0.05, 0) is 29.8 Å². The van der Waals surface area contributed by atoms with Crippen LogP contribution in [0.25, 0.3) is 10.9 Å². The van der Waals surface area contributed by atoms with Crippen LogP contribution < -0.4 is 10.9 Å². The second-order valence-corrected chi connectivity index (χ2v) is 5.20. The van der Waals surface area contributed by atoms with Crippen LogP contribution in [0.1, 0.15) is 11.4 Å². The average molecular weight is 300 g/mol. The molecule has 0 radical (unpaired) electrons. The zero-order chi connectivity index (χ0) is 14.7. The number of nitrogens with one attached hydrogen (secondary N) is 2. The van der Waals surface area contributed by atoms with Gasteiger partial charge in [0, 0.05) is 11.6 Å². The fourth-order valence-electron chi connectivity index (χ4n) is 2.15. The van der Waals surface area contributed by atoms with Gasteiger partial charge in [-0.15, -0.1) is 0 Å². The van der Waals surface area contributed by atoms with Crippen LogP contribution in [0.5, 0.6) is 0 Å². The smallest absolute Gasteiger partial charge is 0.258 e. The molecule has 0 unspecified atom stereocenters. The van der Waals surface area contributed by atoms with Crippen LogP contribution in [0.3, 0.4) is 0 Å². The van der Waals surface area contributed by atoms with Crippen LogP contribution in [0.4, 0.5) is 0 Å². The van der Waals surface area contributed by atoms with Crippen molar-refractivity contribution in [1.29, 1.82) is 0 Å². The molecular weight excluding hydrogens is 286 g/mol. The number of para-hydroxylation sites is 1. The quantitative estimate of drug-likeness (QED) is 0.779. The Kier molecular flexibility index (Phi) is 3.99. The molecule has 4 nitrogen and oxygen atoms in total. The summed E-state index contributed by atoms with van der Waals surface area (Å²) in [5.74, 6) is 0.632. The highest BCUT2D eigenvalue weighted by molar-refractivity contribution is 6.30. The molecule has 3 rings (SSSR count). The third-order valence-electron chi connectivity index (χ3n) is 3.20. The van der Waals surface area contributed by atoms with Gasteiger partial charge in [0.1, 0.15) is 5.82 Å². The lowest BCUT2D eigenvalue weighted by Crippen LogP contribution is -2.19. The predicted molar refractivity (Wildman–Crippen MR) is 84.4 cm³/mol. The summed E-state index contributed by atoms with van der Waals surface area (Å²) >= 11 is 5.84. The fraction of sp³-hybridized carbons (Fsp3) is 0.125. The van der Waals surface area contributed by atoms with Gasteiger partial charge in [-0.25, -0.2) is 4.98 Å². The van der Waals surface area contributed by atoms with Crippen LogP contribution >= 0.6 is 11.6 Å². The average Bonchev–Trinajstić information content (AvgIpc) is 2.49. The number of hydrogen-bond acceptors (Lipinski definition) is 3. The first kappa shape index (κ1) is 13.8. The molecule has 0 fully saturated rings. The van der Waals surface area contributed by atoms with Crippen molar-refractivity contribution in [3.8, 4) is 0 Å². The third kappa shape index (κ3) is 3.29. The fourth-order valence-corrected chi connectivity index (χ4v) is 2.27. The number of nitrogens with zero attached hydrogens (tertiary/aromatic N) is 1. The highest BCUT2D eigenvalue weighted by Crippen LogP contribution is 2.09. The van der Waals surface area contributed by atoms with E-state index < -0.39 is 0 Å². The van der Waals surface area contributed by atoms with Gasteiger partial charge >= 0.3 is 0 Å². The first-order valence-electron chi connectivity index (χ1n) is 6.65. The largest absolute Gasteiger partial charge is 0.309 e. The van der Waals surface area contributed by atoms with E-state index in [1.54, 1.807) is 6.07 Å². The number of H-pyrrole nitrogens is 1. The molecule has 0 saturated heterocycles. The maximum absolute atomic E-state index is 11.9. The topological polar surface area (TPSA) is 57.8 Å². The van der Waals surface area contributed by atoms with Gasteiger partial charge in [-0.3, -0.25) is 4.79 Å². The molecule has 21 heavy (non-hydrogen) atoms. The lowest BCUT2D eigenvalue weighted by Gasteiger charge is -2.06. The SMILES string of the molecule is O=c1[nH]c(CNCc2ccc(Cl)cc2)nc2ccccc12. The number of rotatable bonds is 4. The van der Waals surface area contributed by atoms with Crippen molar-refractivity contribution in [2.45, 2.75) is 13.1 Å². The maximum atomic E-state index is 11.9. The second-order valence-electron chi connectivity index (χ2n) is 4.76. The Balaban J connectivity index is 1.70. The summed E-state index contributed by atoms with van der Waals surface area (Å²) in [5, 5.41) is 4.59. The van der Waals surface area contributed by atoms with E-state index in [1.807, 2.05) is 42.5 Å². The van der Waals surface area contributed by atoms with Gasteiger partial charge < -0.3 is 10.3 Å². The third-order valence-corrected chi connectivity index (χ3v) is 3.45. The van der Waals surface area contributed by atoms with E-state index in [2.05, 4.69) is 15.3 Å². The lowest BCUT2D eigenvalue weighted by molar-refractivity contribution is 0.663. The van der Waals surface area contributed by atoms with E-state index in [4.69, 9.17) is 11.6 Å². The maximum Gasteiger partial charge on any atom is 0.258 e. The summed E-state index contributed by atoms with van der Waals surface area (Å²) in [6.07, 6.45) is 0. The van der Waals surface area contributed by atoms with Crippen LogP contribution in [0.15, 0.2) is 53.3 Å². The van der Waals surface area contributed by atoms with Crippen molar-refractivity contribution in [2.24, 2.45) is 0 Å². The predicted octanol–water partition coefficient (Wildman–Crippen LogP) is 2.87. The van der Waals surface area contributed by atoms with Gasteiger partial charge in [0.25, 0.3) is 5.56 Å². The number of hydrogen-bond donors (Lipinski definition) is 2. The number of aromatic amines is 1. The Bertz CT molecular complexity index is 812. The Morgan fingerprint density at radius 1 is 1.05 bits per heavy atom. The van der Waals surface area contributed by atoms with Gasteiger partial charge in [0.15, 0.2) is 0 Å². The summed E-state index contributed by atoms with van der Waals surface area (Å²) in [6.45, 7) is 1.19. The summed E-state index contributed by atoms with van der Waals surface area (Å²) in [5.41, 5.74) is 1.73. The molecule has 3 aromatic rings. The Morgan fingerprint density at radius 2 is 1.81 bits per heavy atom. The van der Waals surface area contributed by atoms with Crippen LogP contribution in [-0.2, 0) is 13.1 Å². The molecule has 1 aromatic heterocycles. The van der Waals surface area contributed by atoms with Crippen LogP contribution in [-0.4, -0.2) is 9.97 Å². The Hall–Kier alpha value is -2.17. The molecular formula is C16H14ClN3O. The zero-order valence-corrected chi connectivity index (χ0v) is 12.0. The second kappa shape index (κ2) is 6.08. The summed E-state index contributed by atoms with van der Waals surface area (Å²) in [7, 11) is 0. The van der Waals surface area contributed by atoms with E-state index in [1.165, 1.54) is 0 Å². The molecule has 0 saturated carbocycles. The van der Waals surface area contributed by atoms with Gasteiger partial charge in [0.2, 0.25) is 0 Å². The van der Waals surface area contributed by atoms with Crippen LogP contribution in [0.2, 0.25) is 5.02 Å². The standard InChI is InChI=1S/C16H14ClN3O/c17-12-7-5-11(6-8-12)9-18-10-15-19-14-4-2-1-3-13(14)16(21)20-15/h1-8,18H,9-10H2,(H,19,20,21). The number of aromatic nitrogens is 2. The molecule has 0 spiro atoms. The molecule has 0 aliphatic rings. The molecule has 106 valence electrons. The van der Waals surface area contributed by atoms with E-state index >= 15 is 0 Å². The van der Waals surface area contributed by atoms with Crippen molar-refractivity contribution < 1.29 is 0 Å². The van der Waals surface area contributed by atoms with Crippen LogP contribution in [0, 0.1) is 0 Å². The number of fused-ring (bicyclic) bond motifs is 1. The molecule has 1 heterocycles. The molecule has 2 aromatic carbocycles. The minimum Gasteiger partial charge on any atom is -0.309 e. The van der Waals surface area contributed by atoms with E-state index in [-0.39, 0.29) is 5.56 Å². The van der Waals surface area contributed by atoms with Crippen molar-refractivity contribution in [2.75, 3.05) is 0 Å². The summed E-state index contributed by atoms with van der Waals surface area (Å²) < 4.78 is 0. The highest BCUT2D eigenvalue weighted by atomic mass is 35.5. The first-order chi connectivity index (χ1) is 10.2. The van der Waals surface area contributed by atoms with E-state index in [9.17, 15) is 4.79 Å². The Morgan fingerprint density at radius 3 is 2.62 bits per heavy atom.